The summed E-state index contributed by atoms with van der Waals surface area (Å²) in [4.78, 5) is 7.46. The molecule has 72 valence electrons. The van der Waals surface area contributed by atoms with Crippen LogP contribution in [-0.4, -0.2) is 15.5 Å². The summed E-state index contributed by atoms with van der Waals surface area (Å²) in [5.74, 6) is 0.918. The predicted molar refractivity (Wildman–Crippen MR) is 53.8 cm³/mol. The zero-order chi connectivity index (χ0) is 9.31. The van der Waals surface area contributed by atoms with Gasteiger partial charge in [0.15, 0.2) is 0 Å². The first kappa shape index (κ1) is 8.60. The van der Waals surface area contributed by atoms with Crippen molar-refractivity contribution in [3.63, 3.8) is 0 Å². The van der Waals surface area contributed by atoms with Gasteiger partial charge in [-0.15, -0.1) is 0 Å². The van der Waals surface area contributed by atoms with Gasteiger partial charge in [-0.2, -0.15) is 0 Å². The van der Waals surface area contributed by atoms with E-state index >= 15 is 0 Å². The summed E-state index contributed by atoms with van der Waals surface area (Å²) >= 11 is 0. The molecule has 0 atom stereocenters. The zero-order valence-electron chi connectivity index (χ0n) is 8.35. The highest BCUT2D eigenvalue weighted by atomic mass is 15.2. The van der Waals surface area contributed by atoms with E-state index in [9.17, 15) is 0 Å². The molecule has 0 spiro atoms. The average molecular weight is 179 g/mol. The largest absolute Gasteiger partial charge is 0.351 e. The van der Waals surface area contributed by atoms with E-state index in [2.05, 4.69) is 22.2 Å². The molecule has 1 fully saturated rings. The molecule has 0 unspecified atom stereocenters. The molecule has 1 heterocycles. The predicted octanol–water partition coefficient (Wildman–Crippen LogP) is 2.46. The monoisotopic (exact) mass is 179 g/mol. The lowest BCUT2D eigenvalue weighted by atomic mass is 10.0. The van der Waals surface area contributed by atoms with Crippen LogP contribution in [0.25, 0.3) is 0 Å². The van der Waals surface area contributed by atoms with Crippen LogP contribution in [0.3, 0.4) is 0 Å². The zero-order valence-corrected chi connectivity index (χ0v) is 8.35. The number of anilines is 1. The summed E-state index contributed by atoms with van der Waals surface area (Å²) in [5, 5.41) is 3.47. The maximum absolute atomic E-state index is 4.26. The molecule has 1 saturated carbocycles. The van der Waals surface area contributed by atoms with E-state index in [1.54, 1.807) is 0 Å². The fraction of sp³-hybridized carbons (Fsp3) is 0.700. The Bertz CT molecular complexity index is 284. The van der Waals surface area contributed by atoms with Crippen molar-refractivity contribution in [3.05, 3.63) is 11.9 Å². The molecule has 3 heteroatoms. The smallest absolute Gasteiger partial charge is 0.200 e. The number of nitrogens with one attached hydrogen (secondary N) is 2. The van der Waals surface area contributed by atoms with E-state index in [0.717, 1.165) is 11.6 Å². The van der Waals surface area contributed by atoms with Gasteiger partial charge < -0.3 is 10.3 Å². The van der Waals surface area contributed by atoms with Crippen LogP contribution in [-0.2, 0) is 0 Å². The average Bonchev–Trinajstić information content (AvgIpc) is 2.62. The van der Waals surface area contributed by atoms with Gasteiger partial charge in [-0.25, -0.2) is 4.98 Å². The molecule has 1 aliphatic carbocycles. The summed E-state index contributed by atoms with van der Waals surface area (Å²) in [5.41, 5.74) is 1.38. The van der Waals surface area contributed by atoms with Crippen molar-refractivity contribution in [2.45, 2.75) is 45.1 Å². The Balaban J connectivity index is 2.04. The molecule has 0 bridgehead atoms. The number of imidazole rings is 1. The topological polar surface area (TPSA) is 40.7 Å². The Hall–Kier alpha value is -0.990. The minimum Gasteiger partial charge on any atom is -0.351 e. The van der Waals surface area contributed by atoms with Crippen molar-refractivity contribution in [1.82, 2.24) is 9.97 Å². The molecule has 0 amide bonds. The lowest BCUT2D eigenvalue weighted by molar-refractivity contribution is 0.529. The van der Waals surface area contributed by atoms with Gasteiger partial charge in [-0.1, -0.05) is 12.8 Å². The summed E-state index contributed by atoms with van der Waals surface area (Å²) in [7, 11) is 0. The van der Waals surface area contributed by atoms with Crippen LogP contribution in [0.2, 0.25) is 0 Å². The molecule has 0 aromatic carbocycles. The minimum atomic E-state index is 0.268. The molecule has 2 N–H and O–H groups in total. The van der Waals surface area contributed by atoms with Gasteiger partial charge in [0.2, 0.25) is 5.95 Å². The van der Waals surface area contributed by atoms with E-state index < -0.39 is 0 Å². The van der Waals surface area contributed by atoms with Crippen LogP contribution in [0.4, 0.5) is 5.95 Å². The van der Waals surface area contributed by atoms with Gasteiger partial charge in [0.25, 0.3) is 0 Å². The van der Waals surface area contributed by atoms with Gasteiger partial charge in [-0.05, 0) is 26.7 Å². The molecule has 0 saturated heterocycles. The van der Waals surface area contributed by atoms with Crippen molar-refractivity contribution in [2.75, 3.05) is 5.32 Å². The highest BCUT2D eigenvalue weighted by Gasteiger charge is 2.28. The molecule has 13 heavy (non-hydrogen) atoms. The normalized spacial score (nSPS) is 20.5. The maximum atomic E-state index is 4.26. The van der Waals surface area contributed by atoms with E-state index in [1.807, 2.05) is 13.1 Å². The summed E-state index contributed by atoms with van der Waals surface area (Å²) in [6.45, 7) is 4.30. The molecular weight excluding hydrogens is 162 g/mol. The van der Waals surface area contributed by atoms with E-state index in [-0.39, 0.29) is 5.54 Å². The maximum Gasteiger partial charge on any atom is 0.200 e. The lowest BCUT2D eigenvalue weighted by Gasteiger charge is -2.24. The molecule has 3 nitrogen and oxygen atoms in total. The van der Waals surface area contributed by atoms with Crippen molar-refractivity contribution in [2.24, 2.45) is 0 Å². The van der Waals surface area contributed by atoms with Crippen LogP contribution in [0.15, 0.2) is 6.20 Å². The Morgan fingerprint density at radius 2 is 2.15 bits per heavy atom. The molecule has 1 aliphatic rings. The molecule has 0 aliphatic heterocycles. The van der Waals surface area contributed by atoms with Crippen LogP contribution < -0.4 is 5.32 Å². The molecular formula is C10H17N3. The number of aryl methyl sites for hydroxylation is 1. The minimum absolute atomic E-state index is 0.268. The number of aromatic nitrogens is 2. The number of nitrogens with zero attached hydrogens (tertiary/aromatic N) is 1. The van der Waals surface area contributed by atoms with Gasteiger partial charge in [-0.3, -0.25) is 0 Å². The summed E-state index contributed by atoms with van der Waals surface area (Å²) in [6, 6.07) is 0. The summed E-state index contributed by atoms with van der Waals surface area (Å²) in [6.07, 6.45) is 7.05. The Morgan fingerprint density at radius 1 is 1.46 bits per heavy atom. The first-order valence-electron chi connectivity index (χ1n) is 4.98. The van der Waals surface area contributed by atoms with Gasteiger partial charge in [0.05, 0.1) is 0 Å². The first-order chi connectivity index (χ1) is 6.18. The second-order valence-corrected chi connectivity index (χ2v) is 4.31. The molecule has 1 aromatic rings. The highest BCUT2D eigenvalue weighted by molar-refractivity contribution is 5.30. The fourth-order valence-corrected chi connectivity index (χ4v) is 2.04. The quantitative estimate of drug-likeness (QED) is 0.732. The number of aromatic amines is 1. The van der Waals surface area contributed by atoms with E-state index in [0.29, 0.717) is 0 Å². The third-order valence-corrected chi connectivity index (χ3v) is 2.83. The SMILES string of the molecule is Cc1cnc(NC2(C)CCCC2)[nH]1. The second kappa shape index (κ2) is 3.05. The van der Waals surface area contributed by atoms with Crippen LogP contribution in [0.1, 0.15) is 38.3 Å². The van der Waals surface area contributed by atoms with E-state index in [4.69, 9.17) is 0 Å². The van der Waals surface area contributed by atoms with Gasteiger partial charge in [0, 0.05) is 17.4 Å². The third kappa shape index (κ3) is 1.85. The van der Waals surface area contributed by atoms with Crippen molar-refractivity contribution >= 4 is 5.95 Å². The molecule has 0 radical (unpaired) electrons. The Kier molecular flexibility index (Phi) is 2.02. The lowest BCUT2D eigenvalue weighted by Crippen LogP contribution is -2.31. The van der Waals surface area contributed by atoms with Crippen molar-refractivity contribution < 1.29 is 0 Å². The standard InChI is InChI=1S/C10H17N3/c1-8-7-11-9(12-8)13-10(2)5-3-4-6-10/h7H,3-6H2,1-2H3,(H2,11,12,13). The highest BCUT2D eigenvalue weighted by Crippen LogP contribution is 2.31. The van der Waals surface area contributed by atoms with Crippen molar-refractivity contribution in [3.8, 4) is 0 Å². The Morgan fingerprint density at radius 3 is 2.69 bits per heavy atom. The van der Waals surface area contributed by atoms with Crippen LogP contribution in [0.5, 0.6) is 0 Å². The molecule has 2 rings (SSSR count). The van der Waals surface area contributed by atoms with Gasteiger partial charge in [0.1, 0.15) is 0 Å². The van der Waals surface area contributed by atoms with Crippen LogP contribution in [0, 0.1) is 6.92 Å². The first-order valence-corrected chi connectivity index (χ1v) is 4.98. The van der Waals surface area contributed by atoms with Crippen molar-refractivity contribution in [1.29, 1.82) is 0 Å². The fourth-order valence-electron chi connectivity index (χ4n) is 2.04. The summed E-state index contributed by atoms with van der Waals surface area (Å²) < 4.78 is 0. The number of hydrogen-bond donors (Lipinski definition) is 2. The van der Waals surface area contributed by atoms with Crippen LogP contribution >= 0.6 is 0 Å². The molecule has 1 aromatic heterocycles. The Labute approximate surface area is 79.0 Å². The second-order valence-electron chi connectivity index (χ2n) is 4.31. The van der Waals surface area contributed by atoms with Gasteiger partial charge >= 0.3 is 0 Å². The number of H-pyrrole nitrogens is 1. The van der Waals surface area contributed by atoms with E-state index in [1.165, 1.54) is 25.7 Å². The number of hydrogen-bond acceptors (Lipinski definition) is 2. The third-order valence-electron chi connectivity index (χ3n) is 2.83. The number of rotatable bonds is 2.